The van der Waals surface area contributed by atoms with Gasteiger partial charge >= 0.3 is 0 Å². The smallest absolute Gasteiger partial charge is 0.268 e. The Morgan fingerprint density at radius 2 is 2.03 bits per heavy atom. The van der Waals surface area contributed by atoms with Crippen molar-refractivity contribution >= 4 is 23.2 Å². The second-order valence-electron chi connectivity index (χ2n) is 6.89. The summed E-state index contributed by atoms with van der Waals surface area (Å²) in [5, 5.41) is 8.68. The highest BCUT2D eigenvalue weighted by Gasteiger charge is 2.13. The summed E-state index contributed by atoms with van der Waals surface area (Å²) in [6.45, 7) is 2.62. The maximum atomic E-state index is 13.6. The maximum Gasteiger partial charge on any atom is 0.268 e. The summed E-state index contributed by atoms with van der Waals surface area (Å²) in [5.41, 5.74) is 2.94. The predicted octanol–water partition coefficient (Wildman–Crippen LogP) is 4.81. The lowest BCUT2D eigenvalue weighted by molar-refractivity contribution is 0.102. The van der Waals surface area contributed by atoms with E-state index in [4.69, 9.17) is 4.74 Å². The molecular formula is C22H18F2N4O2S. The Morgan fingerprint density at radius 1 is 1.16 bits per heavy atom. The first-order valence-electron chi connectivity index (χ1n) is 9.38. The molecular weight excluding hydrogens is 422 g/mol. The number of ether oxygens (including phenoxy) is 1. The van der Waals surface area contributed by atoms with Gasteiger partial charge in [0.15, 0.2) is 11.6 Å². The Kier molecular flexibility index (Phi) is 6.03. The molecule has 0 aliphatic heterocycles. The van der Waals surface area contributed by atoms with Gasteiger partial charge in [0, 0.05) is 11.6 Å². The quantitative estimate of drug-likeness (QED) is 0.448. The number of anilines is 1. The SMILES string of the molecule is Cc1cccc(Cn2cnc(NC(=O)c3cc(COc4ccc(F)cc4F)cs3)n2)c1. The average molecular weight is 440 g/mol. The molecule has 1 amide bonds. The van der Waals surface area contributed by atoms with Crippen LogP contribution in [0, 0.1) is 18.6 Å². The number of amides is 1. The first-order valence-corrected chi connectivity index (χ1v) is 10.3. The molecule has 4 aromatic rings. The van der Waals surface area contributed by atoms with E-state index in [2.05, 4.69) is 21.5 Å². The summed E-state index contributed by atoms with van der Waals surface area (Å²) < 4.78 is 33.6. The molecule has 4 rings (SSSR count). The first kappa shape index (κ1) is 20.7. The molecule has 1 N–H and O–H groups in total. The van der Waals surface area contributed by atoms with Crippen LogP contribution in [0.4, 0.5) is 14.7 Å². The van der Waals surface area contributed by atoms with Crippen LogP contribution in [0.15, 0.2) is 60.2 Å². The van der Waals surface area contributed by atoms with Gasteiger partial charge in [-0.3, -0.25) is 10.1 Å². The van der Waals surface area contributed by atoms with Crippen LogP contribution in [0.25, 0.3) is 0 Å². The Labute approximate surface area is 181 Å². The number of nitrogens with one attached hydrogen (secondary N) is 1. The number of benzene rings is 2. The summed E-state index contributed by atoms with van der Waals surface area (Å²) in [4.78, 5) is 17.0. The van der Waals surface area contributed by atoms with Crippen LogP contribution in [0.2, 0.25) is 0 Å². The van der Waals surface area contributed by atoms with E-state index < -0.39 is 11.6 Å². The summed E-state index contributed by atoms with van der Waals surface area (Å²) in [6.07, 6.45) is 1.56. The van der Waals surface area contributed by atoms with E-state index >= 15 is 0 Å². The molecule has 0 fully saturated rings. The number of hydrogen-bond donors (Lipinski definition) is 1. The van der Waals surface area contributed by atoms with Crippen molar-refractivity contribution in [1.29, 1.82) is 0 Å². The molecule has 6 nitrogen and oxygen atoms in total. The Morgan fingerprint density at radius 3 is 2.84 bits per heavy atom. The van der Waals surface area contributed by atoms with Gasteiger partial charge in [0.25, 0.3) is 5.91 Å². The highest BCUT2D eigenvalue weighted by Crippen LogP contribution is 2.21. The minimum absolute atomic E-state index is 0.0513. The van der Waals surface area contributed by atoms with Gasteiger partial charge in [0.1, 0.15) is 18.8 Å². The zero-order valence-electron chi connectivity index (χ0n) is 16.5. The number of aromatic nitrogens is 3. The zero-order valence-corrected chi connectivity index (χ0v) is 17.3. The van der Waals surface area contributed by atoms with Crippen LogP contribution in [0.1, 0.15) is 26.4 Å². The van der Waals surface area contributed by atoms with Crippen molar-refractivity contribution in [3.63, 3.8) is 0 Å². The summed E-state index contributed by atoms with van der Waals surface area (Å²) >= 11 is 1.22. The minimum atomic E-state index is -0.777. The van der Waals surface area contributed by atoms with Gasteiger partial charge in [-0.2, -0.15) is 0 Å². The molecule has 0 bridgehead atoms. The van der Waals surface area contributed by atoms with Crippen LogP contribution in [-0.2, 0) is 13.2 Å². The number of nitrogens with zero attached hydrogens (tertiary/aromatic N) is 3. The molecule has 0 saturated heterocycles. The topological polar surface area (TPSA) is 69.0 Å². The third-order valence-electron chi connectivity index (χ3n) is 4.35. The van der Waals surface area contributed by atoms with Crippen molar-refractivity contribution < 1.29 is 18.3 Å². The van der Waals surface area contributed by atoms with Crippen molar-refractivity contribution in [1.82, 2.24) is 14.8 Å². The molecule has 31 heavy (non-hydrogen) atoms. The molecule has 0 atom stereocenters. The monoisotopic (exact) mass is 440 g/mol. The molecule has 0 radical (unpaired) electrons. The normalized spacial score (nSPS) is 10.8. The summed E-state index contributed by atoms with van der Waals surface area (Å²) in [7, 11) is 0. The van der Waals surface area contributed by atoms with E-state index in [1.807, 2.05) is 25.1 Å². The number of carbonyl (C=O) groups excluding carboxylic acids is 1. The number of rotatable bonds is 7. The van der Waals surface area contributed by atoms with Crippen molar-refractivity contribution in [2.75, 3.05) is 5.32 Å². The van der Waals surface area contributed by atoms with Crippen LogP contribution in [0.3, 0.4) is 0 Å². The summed E-state index contributed by atoms with van der Waals surface area (Å²) in [5.74, 6) is -1.65. The highest BCUT2D eigenvalue weighted by atomic mass is 32.1. The standard InChI is InChI=1S/C22H18F2N4O2S/c1-14-3-2-4-15(7-14)10-28-13-25-22(27-28)26-21(29)20-8-16(12-31-20)11-30-19-6-5-17(23)9-18(19)24/h2-9,12-13H,10-11H2,1H3,(H,26,27,29). The summed E-state index contributed by atoms with van der Waals surface area (Å²) in [6, 6.07) is 12.8. The second-order valence-corrected chi connectivity index (χ2v) is 7.80. The number of hydrogen-bond acceptors (Lipinski definition) is 5. The zero-order chi connectivity index (χ0) is 21.8. The molecule has 158 valence electrons. The van der Waals surface area contributed by atoms with E-state index in [9.17, 15) is 13.6 Å². The van der Waals surface area contributed by atoms with E-state index in [0.717, 1.165) is 23.3 Å². The molecule has 2 aromatic heterocycles. The first-order chi connectivity index (χ1) is 15.0. The number of halogens is 2. The van der Waals surface area contributed by atoms with Gasteiger partial charge in [0.2, 0.25) is 5.95 Å². The molecule has 0 spiro atoms. The van der Waals surface area contributed by atoms with Crippen LogP contribution < -0.4 is 10.1 Å². The van der Waals surface area contributed by atoms with E-state index in [0.29, 0.717) is 17.0 Å². The fourth-order valence-electron chi connectivity index (χ4n) is 2.91. The molecule has 0 unspecified atom stereocenters. The molecule has 2 heterocycles. The largest absolute Gasteiger partial charge is 0.486 e. The number of carbonyl (C=O) groups is 1. The Bertz CT molecular complexity index is 1220. The lowest BCUT2D eigenvalue weighted by Gasteiger charge is -2.05. The van der Waals surface area contributed by atoms with Gasteiger partial charge in [-0.25, -0.2) is 18.4 Å². The maximum absolute atomic E-state index is 13.6. The second kappa shape index (κ2) is 9.05. The minimum Gasteiger partial charge on any atom is -0.486 e. The molecule has 2 aromatic carbocycles. The predicted molar refractivity (Wildman–Crippen MR) is 113 cm³/mol. The van der Waals surface area contributed by atoms with Crippen molar-refractivity contribution in [2.24, 2.45) is 0 Å². The fourth-order valence-corrected chi connectivity index (χ4v) is 3.70. The highest BCUT2D eigenvalue weighted by molar-refractivity contribution is 7.12. The van der Waals surface area contributed by atoms with Crippen molar-refractivity contribution in [3.05, 3.63) is 93.4 Å². The molecule has 0 saturated carbocycles. The molecule has 0 aliphatic carbocycles. The lowest BCUT2D eigenvalue weighted by Crippen LogP contribution is -2.12. The Hall–Kier alpha value is -3.59. The van der Waals surface area contributed by atoms with Gasteiger partial charge < -0.3 is 4.74 Å². The van der Waals surface area contributed by atoms with Crippen LogP contribution >= 0.6 is 11.3 Å². The van der Waals surface area contributed by atoms with E-state index in [-0.39, 0.29) is 24.2 Å². The van der Waals surface area contributed by atoms with E-state index in [1.165, 1.54) is 17.4 Å². The van der Waals surface area contributed by atoms with Crippen molar-refractivity contribution in [3.8, 4) is 5.75 Å². The van der Waals surface area contributed by atoms with Crippen LogP contribution in [-0.4, -0.2) is 20.7 Å². The third-order valence-corrected chi connectivity index (χ3v) is 5.33. The molecule has 9 heteroatoms. The van der Waals surface area contributed by atoms with Crippen LogP contribution in [0.5, 0.6) is 5.75 Å². The van der Waals surface area contributed by atoms with E-state index in [1.54, 1.807) is 22.5 Å². The number of aryl methyl sites for hydroxylation is 1. The van der Waals surface area contributed by atoms with Crippen molar-refractivity contribution in [2.45, 2.75) is 20.1 Å². The van der Waals surface area contributed by atoms with Gasteiger partial charge in [0.05, 0.1) is 11.4 Å². The van der Waals surface area contributed by atoms with Gasteiger partial charge in [-0.15, -0.1) is 16.4 Å². The average Bonchev–Trinajstić information content (AvgIpc) is 3.37. The lowest BCUT2D eigenvalue weighted by atomic mass is 10.1. The van der Waals surface area contributed by atoms with Gasteiger partial charge in [-0.05, 0) is 36.1 Å². The fraction of sp³-hybridized carbons (Fsp3) is 0.136. The molecule has 0 aliphatic rings. The number of thiophene rings is 1. The third kappa shape index (κ3) is 5.32. The Balaban J connectivity index is 1.34. The van der Waals surface area contributed by atoms with Gasteiger partial charge in [-0.1, -0.05) is 29.8 Å².